The van der Waals surface area contributed by atoms with Crippen LogP contribution < -0.4 is 11.1 Å². The van der Waals surface area contributed by atoms with Crippen LogP contribution in [0, 0.1) is 0 Å². The summed E-state index contributed by atoms with van der Waals surface area (Å²) in [5.41, 5.74) is 5.49. The van der Waals surface area contributed by atoms with Gasteiger partial charge in [-0.05, 0) is 37.1 Å². The molecule has 2 aliphatic rings. The molecular formula is C20H28F6N4O2S2. The van der Waals surface area contributed by atoms with Gasteiger partial charge in [0, 0.05) is 50.6 Å². The van der Waals surface area contributed by atoms with Crippen LogP contribution in [0.2, 0.25) is 0 Å². The molecule has 0 radical (unpaired) electrons. The molecule has 1 aromatic rings. The number of halogens is 6. The number of hydrogen-bond donors (Lipinski definition) is 2. The molecular weight excluding hydrogens is 506 g/mol. The minimum Gasteiger partial charge on any atom is -0.335 e. The molecule has 34 heavy (non-hydrogen) atoms. The summed E-state index contributed by atoms with van der Waals surface area (Å²) < 4.78 is 73.9. The Bertz CT molecular complexity index is 760. The molecule has 2 fully saturated rings. The van der Waals surface area contributed by atoms with Crippen LogP contribution in [-0.2, 0) is 9.59 Å². The molecule has 0 atom stereocenters. The molecule has 0 aliphatic carbocycles. The van der Waals surface area contributed by atoms with Crippen LogP contribution >= 0.6 is 23.1 Å². The number of amides is 2. The van der Waals surface area contributed by atoms with Gasteiger partial charge >= 0.3 is 24.2 Å². The van der Waals surface area contributed by atoms with Crippen LogP contribution in [0.3, 0.4) is 0 Å². The molecule has 0 aromatic carbocycles. The van der Waals surface area contributed by atoms with E-state index in [2.05, 4.69) is 11.4 Å². The number of rotatable bonds is 5. The predicted molar refractivity (Wildman–Crippen MR) is 119 cm³/mol. The van der Waals surface area contributed by atoms with E-state index in [0.717, 1.165) is 22.1 Å². The Labute approximate surface area is 202 Å². The number of thioether (sulfide) groups is 1. The number of nitrogens with one attached hydrogen (secondary N) is 1. The van der Waals surface area contributed by atoms with Crippen molar-refractivity contribution < 1.29 is 35.9 Å². The van der Waals surface area contributed by atoms with Crippen LogP contribution in [0.25, 0.3) is 0 Å². The first-order valence-corrected chi connectivity index (χ1v) is 12.6. The van der Waals surface area contributed by atoms with E-state index in [1.54, 1.807) is 23.1 Å². The van der Waals surface area contributed by atoms with Gasteiger partial charge in [-0.1, -0.05) is 6.07 Å². The first kappa shape index (κ1) is 28.7. The highest BCUT2D eigenvalue weighted by atomic mass is 32.2. The fourth-order valence-corrected chi connectivity index (χ4v) is 5.24. The molecule has 2 saturated heterocycles. The number of carbonyl (C=O) groups is 2. The van der Waals surface area contributed by atoms with E-state index in [9.17, 15) is 35.9 Å². The fraction of sp³-hybridized carbons (Fsp3) is 0.700. The highest BCUT2D eigenvalue weighted by Crippen LogP contribution is 2.24. The Balaban J connectivity index is 0.000000270. The number of nitrogens with zero attached hydrogens (tertiary/aromatic N) is 2. The molecule has 3 N–H and O–H groups in total. The first-order chi connectivity index (χ1) is 15.9. The van der Waals surface area contributed by atoms with E-state index in [-0.39, 0.29) is 38.3 Å². The Morgan fingerprint density at radius 1 is 0.971 bits per heavy atom. The van der Waals surface area contributed by atoms with Crippen LogP contribution in [0.5, 0.6) is 0 Å². The molecule has 1 aromatic heterocycles. The number of carbonyl (C=O) groups excluding carboxylic acids is 2. The van der Waals surface area contributed by atoms with Crippen LogP contribution in [0.15, 0.2) is 21.7 Å². The average Bonchev–Trinajstić information content (AvgIpc) is 3.29. The molecule has 0 unspecified atom stereocenters. The molecule has 194 valence electrons. The Morgan fingerprint density at radius 3 is 1.91 bits per heavy atom. The smallest absolute Gasteiger partial charge is 0.335 e. The third kappa shape index (κ3) is 9.62. The molecule has 3 heterocycles. The summed E-state index contributed by atoms with van der Waals surface area (Å²) in [7, 11) is 0. The van der Waals surface area contributed by atoms with E-state index in [4.69, 9.17) is 5.73 Å². The standard InChI is InChI=1S/C13H17F3N2OS2.C7H11F3N2O/c14-13(15,16)12(19)18-6-3-10(4-7-18)17-5-9-21-11-2-1-8-20-11;8-7(9,10)6(13)12-3-1-5(11)2-4-12/h1-2,8,10,17H,3-7,9H2;5H,1-4,11H2. The summed E-state index contributed by atoms with van der Waals surface area (Å²) in [4.78, 5) is 23.5. The Kier molecular flexibility index (Phi) is 11.0. The van der Waals surface area contributed by atoms with Gasteiger partial charge in [0.15, 0.2) is 0 Å². The lowest BCUT2D eigenvalue weighted by Crippen LogP contribution is -2.49. The lowest BCUT2D eigenvalue weighted by Gasteiger charge is -2.32. The van der Waals surface area contributed by atoms with Crippen molar-refractivity contribution in [3.05, 3.63) is 17.5 Å². The Hall–Kier alpha value is -1.51. The van der Waals surface area contributed by atoms with Gasteiger partial charge in [0.25, 0.3) is 0 Å². The summed E-state index contributed by atoms with van der Waals surface area (Å²) in [6, 6.07) is 4.20. The zero-order chi connectivity index (χ0) is 25.4. The third-order valence-electron chi connectivity index (χ3n) is 5.37. The topological polar surface area (TPSA) is 78.7 Å². The largest absolute Gasteiger partial charge is 0.471 e. The van der Waals surface area contributed by atoms with Crippen molar-refractivity contribution in [2.75, 3.05) is 38.5 Å². The number of likely N-dealkylation sites (tertiary alicyclic amines) is 2. The number of thiophene rings is 1. The minimum absolute atomic E-state index is 0.0720. The monoisotopic (exact) mass is 534 g/mol. The quantitative estimate of drug-likeness (QED) is 0.344. The normalized spacial score (nSPS) is 18.4. The maximum Gasteiger partial charge on any atom is 0.471 e. The van der Waals surface area contributed by atoms with Gasteiger partial charge in [-0.2, -0.15) is 26.3 Å². The van der Waals surface area contributed by atoms with Gasteiger partial charge in [0.1, 0.15) is 0 Å². The van der Waals surface area contributed by atoms with Crippen molar-refractivity contribution in [3.8, 4) is 0 Å². The van der Waals surface area contributed by atoms with E-state index < -0.39 is 24.2 Å². The van der Waals surface area contributed by atoms with Gasteiger partial charge in [-0.25, -0.2) is 0 Å². The molecule has 0 saturated carbocycles. The lowest BCUT2D eigenvalue weighted by molar-refractivity contribution is -0.186. The third-order valence-corrected chi connectivity index (χ3v) is 7.50. The molecule has 14 heteroatoms. The second kappa shape index (κ2) is 13.0. The van der Waals surface area contributed by atoms with Crippen molar-refractivity contribution in [2.24, 2.45) is 5.73 Å². The van der Waals surface area contributed by atoms with E-state index >= 15 is 0 Å². The maximum absolute atomic E-state index is 12.3. The Morgan fingerprint density at radius 2 is 1.47 bits per heavy atom. The SMILES string of the molecule is NC1CCN(C(=O)C(F)(F)F)CC1.O=C(N1CCC(NCCSc2cccs2)CC1)C(F)(F)F. The molecule has 2 aliphatic heterocycles. The van der Waals surface area contributed by atoms with E-state index in [1.165, 1.54) is 4.21 Å². The van der Waals surface area contributed by atoms with Crippen molar-refractivity contribution in [1.82, 2.24) is 15.1 Å². The fourth-order valence-electron chi connectivity index (χ4n) is 3.51. The number of piperidine rings is 2. The summed E-state index contributed by atoms with van der Waals surface area (Å²) in [5, 5.41) is 5.38. The molecule has 3 rings (SSSR count). The molecule has 6 nitrogen and oxygen atoms in total. The maximum atomic E-state index is 12.3. The summed E-state index contributed by atoms with van der Waals surface area (Å²) >= 11 is 3.47. The van der Waals surface area contributed by atoms with Crippen LogP contribution in [0.4, 0.5) is 26.3 Å². The van der Waals surface area contributed by atoms with Gasteiger partial charge in [-0.3, -0.25) is 9.59 Å². The zero-order valence-corrected chi connectivity index (χ0v) is 20.0. The zero-order valence-electron chi connectivity index (χ0n) is 18.3. The summed E-state index contributed by atoms with van der Waals surface area (Å²) in [6.07, 6.45) is -7.46. The molecule has 2 amide bonds. The second-order valence-corrected chi connectivity index (χ2v) is 10.3. The highest BCUT2D eigenvalue weighted by Gasteiger charge is 2.44. The lowest BCUT2D eigenvalue weighted by atomic mass is 10.1. The molecule has 0 bridgehead atoms. The number of nitrogens with two attached hydrogens (primary N) is 1. The van der Waals surface area contributed by atoms with Crippen molar-refractivity contribution in [1.29, 1.82) is 0 Å². The number of hydrogen-bond acceptors (Lipinski definition) is 6. The highest BCUT2D eigenvalue weighted by molar-refractivity contribution is 8.01. The first-order valence-electron chi connectivity index (χ1n) is 10.8. The molecule has 0 spiro atoms. The summed E-state index contributed by atoms with van der Waals surface area (Å²) in [6.45, 7) is 1.39. The van der Waals surface area contributed by atoms with Crippen LogP contribution in [-0.4, -0.2) is 84.5 Å². The second-order valence-electron chi connectivity index (χ2n) is 7.93. The minimum atomic E-state index is -4.75. The van der Waals surface area contributed by atoms with E-state index in [1.807, 2.05) is 11.4 Å². The van der Waals surface area contributed by atoms with Crippen molar-refractivity contribution in [2.45, 2.75) is 54.3 Å². The van der Waals surface area contributed by atoms with E-state index in [0.29, 0.717) is 25.7 Å². The van der Waals surface area contributed by atoms with Crippen molar-refractivity contribution in [3.63, 3.8) is 0 Å². The summed E-state index contributed by atoms with van der Waals surface area (Å²) in [5.74, 6) is -2.53. The predicted octanol–water partition coefficient (Wildman–Crippen LogP) is 3.48. The van der Waals surface area contributed by atoms with Gasteiger partial charge in [0.05, 0.1) is 4.21 Å². The van der Waals surface area contributed by atoms with Crippen LogP contribution in [0.1, 0.15) is 25.7 Å². The average molecular weight is 535 g/mol. The van der Waals surface area contributed by atoms with Crippen molar-refractivity contribution >= 4 is 34.9 Å². The van der Waals surface area contributed by atoms with Gasteiger partial charge in [-0.15, -0.1) is 23.1 Å². The van der Waals surface area contributed by atoms with Gasteiger partial charge < -0.3 is 20.9 Å². The van der Waals surface area contributed by atoms with Gasteiger partial charge in [0.2, 0.25) is 0 Å². The number of alkyl halides is 6.